The van der Waals surface area contributed by atoms with Crippen LogP contribution in [0.3, 0.4) is 0 Å². The van der Waals surface area contributed by atoms with E-state index in [9.17, 15) is 4.39 Å². The summed E-state index contributed by atoms with van der Waals surface area (Å²) >= 11 is 0. The zero-order valence-electron chi connectivity index (χ0n) is 10.7. The molecule has 0 radical (unpaired) electrons. The molecule has 1 aromatic rings. The molecule has 4 heteroatoms. The van der Waals surface area contributed by atoms with Crippen molar-refractivity contribution in [3.63, 3.8) is 0 Å². The molecule has 1 spiro atoms. The van der Waals surface area contributed by atoms with Gasteiger partial charge in [-0.15, -0.1) is 0 Å². The summed E-state index contributed by atoms with van der Waals surface area (Å²) in [5.41, 5.74) is 0.639. The molecule has 1 saturated heterocycles. The Hall–Kier alpha value is -1.13. The van der Waals surface area contributed by atoms with Gasteiger partial charge in [-0.2, -0.15) is 0 Å². The average molecular weight is 251 g/mol. The van der Waals surface area contributed by atoms with E-state index in [-0.39, 0.29) is 23.6 Å². The molecule has 3 unspecified atom stereocenters. The summed E-state index contributed by atoms with van der Waals surface area (Å²) in [7, 11) is 1.90. The standard InChI is InChI=1S/C14H18FNO2/c1-9-14(5-6-17-9)8-12(16-2)11-7-10(15)3-4-13(11)18-14/h3-4,7,9,12,16H,5-6,8H2,1-2H3. The monoisotopic (exact) mass is 251 g/mol. The lowest BCUT2D eigenvalue weighted by atomic mass is 9.83. The molecular weight excluding hydrogens is 233 g/mol. The Labute approximate surface area is 106 Å². The van der Waals surface area contributed by atoms with Crippen LogP contribution in [0.4, 0.5) is 4.39 Å². The van der Waals surface area contributed by atoms with Crippen molar-refractivity contribution in [1.29, 1.82) is 0 Å². The first-order valence-electron chi connectivity index (χ1n) is 6.42. The third-order valence-corrected chi connectivity index (χ3v) is 4.19. The van der Waals surface area contributed by atoms with Crippen molar-refractivity contribution in [3.05, 3.63) is 29.6 Å². The maximum atomic E-state index is 13.3. The van der Waals surface area contributed by atoms with Gasteiger partial charge in [0, 0.05) is 24.4 Å². The largest absolute Gasteiger partial charge is 0.484 e. The predicted octanol–water partition coefficient (Wildman–Crippen LogP) is 2.42. The van der Waals surface area contributed by atoms with Crippen LogP contribution in [0, 0.1) is 5.82 Å². The van der Waals surface area contributed by atoms with Crippen molar-refractivity contribution in [2.45, 2.75) is 37.5 Å². The van der Waals surface area contributed by atoms with E-state index in [1.54, 1.807) is 12.1 Å². The number of ether oxygens (including phenoxy) is 2. The number of hydrogen-bond donors (Lipinski definition) is 1. The van der Waals surface area contributed by atoms with E-state index < -0.39 is 0 Å². The summed E-state index contributed by atoms with van der Waals surface area (Å²) < 4.78 is 25.1. The predicted molar refractivity (Wildman–Crippen MR) is 66.2 cm³/mol. The van der Waals surface area contributed by atoms with E-state index in [1.165, 1.54) is 6.07 Å². The normalized spacial score (nSPS) is 34.4. The molecule has 2 heterocycles. The summed E-state index contributed by atoms with van der Waals surface area (Å²) in [5, 5.41) is 3.26. The lowest BCUT2D eigenvalue weighted by Gasteiger charge is -2.41. The first kappa shape index (κ1) is 11.9. The van der Waals surface area contributed by atoms with Gasteiger partial charge in [0.25, 0.3) is 0 Å². The fraction of sp³-hybridized carbons (Fsp3) is 0.571. The smallest absolute Gasteiger partial charge is 0.139 e. The molecule has 3 atom stereocenters. The molecule has 3 nitrogen and oxygen atoms in total. The van der Waals surface area contributed by atoms with Crippen LogP contribution in [-0.4, -0.2) is 25.4 Å². The molecule has 3 rings (SSSR count). The van der Waals surface area contributed by atoms with Crippen molar-refractivity contribution >= 4 is 0 Å². The number of hydrogen-bond acceptors (Lipinski definition) is 3. The molecule has 1 fully saturated rings. The molecule has 0 saturated carbocycles. The SMILES string of the molecule is CNC1CC2(CCOC2C)Oc2ccc(F)cc21. The molecule has 2 aliphatic heterocycles. The van der Waals surface area contributed by atoms with Crippen LogP contribution in [0.2, 0.25) is 0 Å². The van der Waals surface area contributed by atoms with E-state index >= 15 is 0 Å². The molecule has 0 aromatic heterocycles. The molecule has 0 aliphatic carbocycles. The summed E-state index contributed by atoms with van der Waals surface area (Å²) in [5.74, 6) is 0.559. The zero-order valence-corrected chi connectivity index (χ0v) is 10.7. The van der Waals surface area contributed by atoms with Gasteiger partial charge < -0.3 is 14.8 Å². The third kappa shape index (κ3) is 1.71. The van der Waals surface area contributed by atoms with Gasteiger partial charge >= 0.3 is 0 Å². The second-order valence-corrected chi connectivity index (χ2v) is 5.16. The second-order valence-electron chi connectivity index (χ2n) is 5.16. The number of halogens is 1. The highest BCUT2D eigenvalue weighted by Gasteiger charge is 2.48. The zero-order chi connectivity index (χ0) is 12.8. The lowest BCUT2D eigenvalue weighted by molar-refractivity contribution is -0.0302. The Bertz CT molecular complexity index is 465. The van der Waals surface area contributed by atoms with Crippen molar-refractivity contribution < 1.29 is 13.9 Å². The number of nitrogens with one attached hydrogen (secondary N) is 1. The highest BCUT2D eigenvalue weighted by Crippen LogP contribution is 2.45. The fourth-order valence-corrected chi connectivity index (χ4v) is 3.02. The van der Waals surface area contributed by atoms with Gasteiger partial charge in [0.2, 0.25) is 0 Å². The maximum absolute atomic E-state index is 13.3. The van der Waals surface area contributed by atoms with Gasteiger partial charge in [0.05, 0.1) is 12.7 Å². The highest BCUT2D eigenvalue weighted by molar-refractivity contribution is 5.40. The average Bonchev–Trinajstić information content (AvgIpc) is 2.70. The number of benzene rings is 1. The summed E-state index contributed by atoms with van der Waals surface area (Å²) in [6.45, 7) is 2.78. The molecule has 98 valence electrons. The summed E-state index contributed by atoms with van der Waals surface area (Å²) in [4.78, 5) is 0. The third-order valence-electron chi connectivity index (χ3n) is 4.19. The van der Waals surface area contributed by atoms with Crippen LogP contribution in [0.25, 0.3) is 0 Å². The minimum absolute atomic E-state index is 0.0755. The Kier molecular flexibility index (Phi) is 2.79. The Balaban J connectivity index is 2.02. The maximum Gasteiger partial charge on any atom is 0.139 e. The minimum Gasteiger partial charge on any atom is -0.484 e. The van der Waals surface area contributed by atoms with E-state index in [1.807, 2.05) is 14.0 Å². The fourth-order valence-electron chi connectivity index (χ4n) is 3.02. The Morgan fingerprint density at radius 1 is 1.44 bits per heavy atom. The van der Waals surface area contributed by atoms with Gasteiger partial charge in [-0.05, 0) is 32.2 Å². The van der Waals surface area contributed by atoms with Gasteiger partial charge in [0.15, 0.2) is 0 Å². The van der Waals surface area contributed by atoms with E-state index in [4.69, 9.17) is 9.47 Å². The van der Waals surface area contributed by atoms with Gasteiger partial charge in [-0.25, -0.2) is 4.39 Å². The van der Waals surface area contributed by atoms with Crippen molar-refractivity contribution in [1.82, 2.24) is 5.32 Å². The van der Waals surface area contributed by atoms with Crippen molar-refractivity contribution in [3.8, 4) is 5.75 Å². The lowest BCUT2D eigenvalue weighted by Crippen LogP contribution is -2.48. The van der Waals surface area contributed by atoms with E-state index in [0.717, 1.165) is 30.8 Å². The highest BCUT2D eigenvalue weighted by atomic mass is 19.1. The van der Waals surface area contributed by atoms with Crippen LogP contribution in [-0.2, 0) is 4.74 Å². The van der Waals surface area contributed by atoms with Crippen LogP contribution in [0.15, 0.2) is 18.2 Å². The van der Waals surface area contributed by atoms with Crippen LogP contribution in [0.1, 0.15) is 31.4 Å². The minimum atomic E-state index is -0.265. The molecule has 0 amide bonds. The molecule has 2 aliphatic rings. The van der Waals surface area contributed by atoms with Crippen LogP contribution < -0.4 is 10.1 Å². The molecule has 1 N–H and O–H groups in total. The first-order chi connectivity index (χ1) is 8.64. The molecule has 0 bridgehead atoms. The van der Waals surface area contributed by atoms with E-state index in [2.05, 4.69) is 5.32 Å². The van der Waals surface area contributed by atoms with Gasteiger partial charge in [-0.1, -0.05) is 0 Å². The quantitative estimate of drug-likeness (QED) is 0.831. The second kappa shape index (κ2) is 4.21. The summed E-state index contributed by atoms with van der Waals surface area (Å²) in [6, 6.07) is 4.85. The number of rotatable bonds is 1. The van der Waals surface area contributed by atoms with Gasteiger partial charge in [0.1, 0.15) is 17.2 Å². The Morgan fingerprint density at radius 2 is 2.28 bits per heavy atom. The molecule has 18 heavy (non-hydrogen) atoms. The molecule has 1 aromatic carbocycles. The van der Waals surface area contributed by atoms with Crippen LogP contribution >= 0.6 is 0 Å². The molecular formula is C14H18FNO2. The van der Waals surface area contributed by atoms with E-state index in [0.29, 0.717) is 0 Å². The van der Waals surface area contributed by atoms with Crippen molar-refractivity contribution in [2.24, 2.45) is 0 Å². The first-order valence-corrected chi connectivity index (χ1v) is 6.42. The van der Waals surface area contributed by atoms with Crippen molar-refractivity contribution in [2.75, 3.05) is 13.7 Å². The number of fused-ring (bicyclic) bond motifs is 1. The topological polar surface area (TPSA) is 30.5 Å². The summed E-state index contributed by atoms with van der Waals surface area (Å²) in [6.07, 6.45) is 1.79. The van der Waals surface area contributed by atoms with Crippen LogP contribution in [0.5, 0.6) is 5.75 Å². The van der Waals surface area contributed by atoms with Gasteiger partial charge in [-0.3, -0.25) is 0 Å². The Morgan fingerprint density at radius 3 is 2.94 bits per heavy atom.